The van der Waals surface area contributed by atoms with Crippen molar-refractivity contribution in [3.63, 3.8) is 0 Å². The number of ether oxygens (including phenoxy) is 3. The number of benzene rings is 1. The molecule has 4 nitrogen and oxygen atoms in total. The molecule has 0 saturated heterocycles. The van der Waals surface area contributed by atoms with Crippen molar-refractivity contribution in [1.29, 1.82) is 0 Å². The monoisotopic (exact) mass is 306 g/mol. The highest BCUT2D eigenvalue weighted by molar-refractivity contribution is 5.60. The maximum Gasteiger partial charge on any atom is 0.509 e. The van der Waals surface area contributed by atoms with E-state index in [1.165, 1.54) is 0 Å². The second-order valence-electron chi connectivity index (χ2n) is 6.06. The van der Waals surface area contributed by atoms with Crippen LogP contribution in [0.25, 0.3) is 0 Å². The molecule has 22 heavy (non-hydrogen) atoms. The summed E-state index contributed by atoms with van der Waals surface area (Å²) in [4.78, 5) is 11.7. The van der Waals surface area contributed by atoms with Crippen LogP contribution in [-0.4, -0.2) is 24.5 Å². The highest BCUT2D eigenvalue weighted by Crippen LogP contribution is 2.13. The second kappa shape index (κ2) is 9.26. The van der Waals surface area contributed by atoms with E-state index >= 15 is 0 Å². The van der Waals surface area contributed by atoms with Crippen LogP contribution < -0.4 is 0 Å². The van der Waals surface area contributed by atoms with E-state index in [1.807, 2.05) is 30.3 Å². The van der Waals surface area contributed by atoms with Crippen molar-refractivity contribution in [3.05, 3.63) is 48.6 Å². The van der Waals surface area contributed by atoms with E-state index in [2.05, 4.69) is 6.58 Å². The van der Waals surface area contributed by atoms with Gasteiger partial charge in [0.05, 0.1) is 13.2 Å². The summed E-state index contributed by atoms with van der Waals surface area (Å²) >= 11 is 0. The molecule has 4 heteroatoms. The standard InChI is InChI=1S/C18H26O4/c1-5-9-16(21-17(19)22-18(2,3)4)12-13-20-14-15-10-7-6-8-11-15/h5-8,10-11,16H,1,9,12-14H2,2-4H3/t16-/m0/s1. The molecule has 0 unspecified atom stereocenters. The average Bonchev–Trinajstić information content (AvgIpc) is 2.42. The molecule has 122 valence electrons. The summed E-state index contributed by atoms with van der Waals surface area (Å²) in [6, 6.07) is 9.95. The van der Waals surface area contributed by atoms with Gasteiger partial charge in [0.1, 0.15) is 11.7 Å². The molecule has 0 saturated carbocycles. The fourth-order valence-corrected chi connectivity index (χ4v) is 1.80. The zero-order valence-corrected chi connectivity index (χ0v) is 13.7. The Bertz CT molecular complexity index is 448. The van der Waals surface area contributed by atoms with Gasteiger partial charge in [-0.05, 0) is 26.3 Å². The Morgan fingerprint density at radius 3 is 2.55 bits per heavy atom. The molecule has 1 rings (SSSR count). The Morgan fingerprint density at radius 1 is 1.27 bits per heavy atom. The Hall–Kier alpha value is -1.81. The van der Waals surface area contributed by atoms with Crippen LogP contribution in [0.15, 0.2) is 43.0 Å². The van der Waals surface area contributed by atoms with Gasteiger partial charge in [-0.3, -0.25) is 0 Å². The molecular formula is C18H26O4. The summed E-state index contributed by atoms with van der Waals surface area (Å²) < 4.78 is 16.1. The molecular weight excluding hydrogens is 280 g/mol. The maximum absolute atomic E-state index is 11.7. The van der Waals surface area contributed by atoms with Crippen molar-refractivity contribution in [3.8, 4) is 0 Å². The lowest BCUT2D eigenvalue weighted by Crippen LogP contribution is -2.28. The van der Waals surface area contributed by atoms with Crippen LogP contribution in [0.4, 0.5) is 4.79 Å². The van der Waals surface area contributed by atoms with Gasteiger partial charge in [0.25, 0.3) is 0 Å². The molecule has 0 aliphatic carbocycles. The van der Waals surface area contributed by atoms with Gasteiger partial charge in [0, 0.05) is 12.8 Å². The SMILES string of the molecule is C=CC[C@@H](CCOCc1ccccc1)OC(=O)OC(C)(C)C. The highest BCUT2D eigenvalue weighted by Gasteiger charge is 2.20. The molecule has 0 aliphatic rings. The van der Waals surface area contributed by atoms with Crippen LogP contribution >= 0.6 is 0 Å². The fraction of sp³-hybridized carbons (Fsp3) is 0.500. The van der Waals surface area contributed by atoms with Crippen molar-refractivity contribution in [2.45, 2.75) is 51.9 Å². The summed E-state index contributed by atoms with van der Waals surface area (Å²) in [6.07, 6.45) is 1.99. The zero-order valence-electron chi connectivity index (χ0n) is 13.7. The largest absolute Gasteiger partial charge is 0.509 e. The van der Waals surface area contributed by atoms with Crippen molar-refractivity contribution in [2.24, 2.45) is 0 Å². The minimum atomic E-state index is -0.651. The first-order valence-corrected chi connectivity index (χ1v) is 7.53. The summed E-state index contributed by atoms with van der Waals surface area (Å²) in [7, 11) is 0. The molecule has 0 spiro atoms. The molecule has 0 bridgehead atoms. The molecule has 0 heterocycles. The van der Waals surface area contributed by atoms with Crippen LogP contribution in [-0.2, 0) is 20.8 Å². The minimum absolute atomic E-state index is 0.275. The van der Waals surface area contributed by atoms with Crippen LogP contribution in [0.5, 0.6) is 0 Å². The first-order valence-electron chi connectivity index (χ1n) is 7.53. The van der Waals surface area contributed by atoms with E-state index in [0.29, 0.717) is 26.1 Å². The summed E-state index contributed by atoms with van der Waals surface area (Å²) in [6.45, 7) is 10.2. The van der Waals surface area contributed by atoms with E-state index in [9.17, 15) is 4.79 Å². The van der Waals surface area contributed by atoms with Crippen molar-refractivity contribution >= 4 is 6.16 Å². The maximum atomic E-state index is 11.7. The number of carbonyl (C=O) groups is 1. The Labute approximate surface area is 133 Å². The van der Waals surface area contributed by atoms with Gasteiger partial charge in [-0.15, -0.1) is 6.58 Å². The quantitative estimate of drug-likeness (QED) is 0.403. The van der Waals surface area contributed by atoms with Gasteiger partial charge in [0.2, 0.25) is 0 Å². The molecule has 1 aromatic carbocycles. The first kappa shape index (κ1) is 18.2. The summed E-state index contributed by atoms with van der Waals surface area (Å²) in [5.41, 5.74) is 0.565. The molecule has 0 radical (unpaired) electrons. The van der Waals surface area contributed by atoms with Gasteiger partial charge < -0.3 is 14.2 Å². The average molecular weight is 306 g/mol. The van der Waals surface area contributed by atoms with Crippen molar-refractivity contribution in [1.82, 2.24) is 0 Å². The third-order valence-corrected chi connectivity index (χ3v) is 2.78. The fourth-order valence-electron chi connectivity index (χ4n) is 1.80. The molecule has 0 fully saturated rings. The minimum Gasteiger partial charge on any atom is -0.431 e. The molecule has 0 N–H and O–H groups in total. The molecule has 0 amide bonds. The van der Waals surface area contributed by atoms with Gasteiger partial charge >= 0.3 is 6.16 Å². The van der Waals surface area contributed by atoms with E-state index in [4.69, 9.17) is 14.2 Å². The van der Waals surface area contributed by atoms with Crippen molar-refractivity contribution < 1.29 is 19.0 Å². The molecule has 0 aliphatic heterocycles. The number of carbonyl (C=O) groups excluding carboxylic acids is 1. The third kappa shape index (κ3) is 8.47. The van der Waals surface area contributed by atoms with Crippen LogP contribution in [0.1, 0.15) is 39.2 Å². The van der Waals surface area contributed by atoms with E-state index < -0.39 is 11.8 Å². The second-order valence-corrected chi connectivity index (χ2v) is 6.06. The summed E-state index contributed by atoms with van der Waals surface area (Å²) in [5, 5.41) is 0. The lowest BCUT2D eigenvalue weighted by Gasteiger charge is -2.22. The van der Waals surface area contributed by atoms with Crippen LogP contribution in [0.2, 0.25) is 0 Å². The topological polar surface area (TPSA) is 44.8 Å². The van der Waals surface area contributed by atoms with Gasteiger partial charge in [0.15, 0.2) is 0 Å². The van der Waals surface area contributed by atoms with Crippen molar-refractivity contribution in [2.75, 3.05) is 6.61 Å². The highest BCUT2D eigenvalue weighted by atomic mass is 16.7. The lowest BCUT2D eigenvalue weighted by atomic mass is 10.2. The predicted octanol–water partition coefficient (Wildman–Crippen LogP) is 4.49. The summed E-state index contributed by atoms with van der Waals surface area (Å²) in [5.74, 6) is 0. The Morgan fingerprint density at radius 2 is 1.95 bits per heavy atom. The Kier molecular flexibility index (Phi) is 7.67. The third-order valence-electron chi connectivity index (χ3n) is 2.78. The molecule has 0 aromatic heterocycles. The number of hydrogen-bond donors (Lipinski definition) is 0. The molecule has 1 aromatic rings. The Balaban J connectivity index is 2.31. The van der Waals surface area contributed by atoms with Gasteiger partial charge in [-0.1, -0.05) is 36.4 Å². The van der Waals surface area contributed by atoms with Crippen LogP contribution in [0.3, 0.4) is 0 Å². The first-order chi connectivity index (χ1) is 10.4. The van der Waals surface area contributed by atoms with Crippen LogP contribution in [0, 0.1) is 0 Å². The smallest absolute Gasteiger partial charge is 0.431 e. The lowest BCUT2D eigenvalue weighted by molar-refractivity contribution is -0.0332. The molecule has 1 atom stereocenters. The van der Waals surface area contributed by atoms with Gasteiger partial charge in [-0.2, -0.15) is 0 Å². The van der Waals surface area contributed by atoms with E-state index in [0.717, 1.165) is 5.56 Å². The zero-order chi connectivity index (χ0) is 16.4. The van der Waals surface area contributed by atoms with Gasteiger partial charge in [-0.25, -0.2) is 4.79 Å². The van der Waals surface area contributed by atoms with E-state index in [1.54, 1.807) is 26.8 Å². The van der Waals surface area contributed by atoms with E-state index in [-0.39, 0.29) is 6.10 Å². The number of rotatable bonds is 8. The predicted molar refractivity (Wildman–Crippen MR) is 86.6 cm³/mol. The normalized spacial score (nSPS) is 12.5. The number of hydrogen-bond acceptors (Lipinski definition) is 4.